The van der Waals surface area contributed by atoms with Crippen molar-refractivity contribution in [2.75, 3.05) is 0 Å². The van der Waals surface area contributed by atoms with Crippen LogP contribution in [0.4, 0.5) is 0 Å². The van der Waals surface area contributed by atoms with Crippen LogP contribution in [0, 0.1) is 13.8 Å². The van der Waals surface area contributed by atoms with Crippen LogP contribution < -0.4 is 0 Å². The molecule has 3 nitrogen and oxygen atoms in total. The smallest absolute Gasteiger partial charge is 0.158 e. The van der Waals surface area contributed by atoms with E-state index in [1.807, 2.05) is 30.6 Å². The fraction of sp³-hybridized carbons (Fsp3) is 0.167. The van der Waals surface area contributed by atoms with E-state index in [0.717, 1.165) is 17.0 Å². The second-order valence-corrected chi connectivity index (χ2v) is 2.63. The van der Waals surface area contributed by atoms with Crippen molar-refractivity contribution in [3.8, 4) is 0 Å². The van der Waals surface area contributed by atoms with Crippen LogP contribution in [0.2, 0.25) is 0 Å². The minimum absolute atomic E-state index is 0.940. The van der Waals surface area contributed by atoms with Gasteiger partial charge in [0.1, 0.15) is 0 Å². The van der Waals surface area contributed by atoms with Gasteiger partial charge in [-0.3, -0.25) is 4.98 Å². The summed E-state index contributed by atoms with van der Waals surface area (Å²) in [6, 6.07) is 0. The topological polar surface area (TPSA) is 30.2 Å². The van der Waals surface area contributed by atoms with Gasteiger partial charge in [0.25, 0.3) is 0 Å². The number of rotatable bonds is 0. The summed E-state index contributed by atoms with van der Waals surface area (Å²) in [6.45, 7) is 15.9. The molecule has 80 valence electrons. The van der Waals surface area contributed by atoms with E-state index < -0.39 is 0 Å². The monoisotopic (exact) mass is 203 g/mol. The molecule has 2 aromatic heterocycles. The summed E-state index contributed by atoms with van der Waals surface area (Å²) >= 11 is 0. The summed E-state index contributed by atoms with van der Waals surface area (Å²) in [4.78, 5) is 8.45. The van der Waals surface area contributed by atoms with Crippen molar-refractivity contribution in [3.63, 3.8) is 0 Å². The lowest BCUT2D eigenvalue weighted by molar-refractivity contribution is 1.03. The van der Waals surface area contributed by atoms with Crippen LogP contribution in [0.25, 0.3) is 5.65 Å². The summed E-state index contributed by atoms with van der Waals surface area (Å²) in [5.74, 6) is 0. The largest absolute Gasteiger partial charge is 0.304 e. The molecule has 0 aromatic carbocycles. The summed E-state index contributed by atoms with van der Waals surface area (Å²) in [7, 11) is 0. The van der Waals surface area contributed by atoms with Gasteiger partial charge in [0.05, 0.1) is 11.4 Å². The van der Waals surface area contributed by atoms with Crippen molar-refractivity contribution in [1.82, 2.24) is 14.4 Å². The lowest BCUT2D eigenvalue weighted by Crippen LogP contribution is -1.93. The fourth-order valence-corrected chi connectivity index (χ4v) is 1.24. The van der Waals surface area contributed by atoms with Crippen LogP contribution in [0.15, 0.2) is 44.9 Å². The number of nitrogens with zero attached hydrogens (tertiary/aromatic N) is 3. The molecule has 0 bridgehead atoms. The highest BCUT2D eigenvalue weighted by Gasteiger charge is 1.98. The molecule has 2 heterocycles. The first kappa shape index (κ1) is 13.1. The Balaban J connectivity index is 0.000000442. The van der Waals surface area contributed by atoms with Gasteiger partial charge in [-0.1, -0.05) is 0 Å². The average Bonchev–Trinajstić information content (AvgIpc) is 2.72. The van der Waals surface area contributed by atoms with E-state index in [2.05, 4.69) is 36.3 Å². The maximum Gasteiger partial charge on any atom is 0.158 e. The van der Waals surface area contributed by atoms with Crippen molar-refractivity contribution in [2.24, 2.45) is 0 Å². The highest BCUT2D eigenvalue weighted by molar-refractivity contribution is 5.42. The third kappa shape index (κ3) is 3.06. The van der Waals surface area contributed by atoms with Gasteiger partial charge in [-0.15, -0.1) is 26.3 Å². The van der Waals surface area contributed by atoms with Gasteiger partial charge in [0, 0.05) is 18.6 Å². The van der Waals surface area contributed by atoms with Crippen LogP contribution in [0.1, 0.15) is 11.4 Å². The minimum atomic E-state index is 0.940. The second-order valence-electron chi connectivity index (χ2n) is 2.63. The molecular formula is C12H17N3. The molecule has 0 radical (unpaired) electrons. The highest BCUT2D eigenvalue weighted by atomic mass is 15.0. The van der Waals surface area contributed by atoms with Gasteiger partial charge in [-0.2, -0.15) is 0 Å². The number of hydrogen-bond acceptors (Lipinski definition) is 2. The molecule has 2 aromatic rings. The van der Waals surface area contributed by atoms with Gasteiger partial charge in [-0.05, 0) is 13.8 Å². The van der Waals surface area contributed by atoms with Crippen LogP contribution in [-0.2, 0) is 0 Å². The number of hydrogen-bond donors (Lipinski definition) is 0. The minimum Gasteiger partial charge on any atom is -0.304 e. The van der Waals surface area contributed by atoms with Gasteiger partial charge in [0.2, 0.25) is 0 Å². The summed E-state index contributed by atoms with van der Waals surface area (Å²) < 4.78 is 1.98. The molecule has 3 heteroatoms. The van der Waals surface area contributed by atoms with Crippen molar-refractivity contribution < 1.29 is 0 Å². The molecule has 0 aliphatic heterocycles. The van der Waals surface area contributed by atoms with Gasteiger partial charge >= 0.3 is 0 Å². The first-order chi connectivity index (χ1) is 7.27. The second kappa shape index (κ2) is 6.54. The van der Waals surface area contributed by atoms with Crippen molar-refractivity contribution in [1.29, 1.82) is 0 Å². The van der Waals surface area contributed by atoms with E-state index >= 15 is 0 Å². The Morgan fingerprint density at radius 3 is 2.33 bits per heavy atom. The van der Waals surface area contributed by atoms with Gasteiger partial charge in [0.15, 0.2) is 5.65 Å². The van der Waals surface area contributed by atoms with Crippen LogP contribution >= 0.6 is 0 Å². The Hall–Kier alpha value is -1.90. The molecule has 2 rings (SSSR count). The third-order valence-electron chi connectivity index (χ3n) is 1.66. The van der Waals surface area contributed by atoms with Crippen molar-refractivity contribution in [2.45, 2.75) is 13.8 Å². The lowest BCUT2D eigenvalue weighted by Gasteiger charge is -1.98. The molecule has 15 heavy (non-hydrogen) atoms. The van der Waals surface area contributed by atoms with Crippen LogP contribution in [-0.4, -0.2) is 14.4 Å². The molecule has 0 saturated carbocycles. The SMILES string of the molecule is C=C.C=C.Cc1cn2ccnc2c(C)n1. The van der Waals surface area contributed by atoms with Crippen LogP contribution in [0.3, 0.4) is 0 Å². The standard InChI is InChI=1S/C8H9N3.2C2H4/c1-6-5-11-4-3-9-8(11)7(2)10-6;2*1-2/h3-5H,1-2H3;2*1-2H2. The zero-order valence-electron chi connectivity index (χ0n) is 9.40. The van der Waals surface area contributed by atoms with E-state index in [0.29, 0.717) is 0 Å². The Labute approximate surface area is 90.8 Å². The first-order valence-electron chi connectivity index (χ1n) is 4.54. The predicted molar refractivity (Wildman–Crippen MR) is 65.0 cm³/mol. The Morgan fingerprint density at radius 1 is 1.13 bits per heavy atom. The third-order valence-corrected chi connectivity index (χ3v) is 1.66. The van der Waals surface area contributed by atoms with Gasteiger partial charge in [-0.25, -0.2) is 4.98 Å². The summed E-state index contributed by atoms with van der Waals surface area (Å²) in [5, 5.41) is 0. The molecule has 0 amide bonds. The normalized spacial score (nSPS) is 8.40. The molecule has 0 N–H and O–H groups in total. The zero-order chi connectivity index (χ0) is 11.8. The number of fused-ring (bicyclic) bond motifs is 1. The highest BCUT2D eigenvalue weighted by Crippen LogP contribution is 2.05. The Bertz CT molecular complexity index is 416. The number of aromatic nitrogens is 3. The lowest BCUT2D eigenvalue weighted by atomic mass is 10.4. The van der Waals surface area contributed by atoms with E-state index in [1.165, 1.54) is 0 Å². The van der Waals surface area contributed by atoms with Crippen LogP contribution in [0.5, 0.6) is 0 Å². The summed E-state index contributed by atoms with van der Waals surface area (Å²) in [5.41, 5.74) is 2.94. The molecule has 0 unspecified atom stereocenters. The molecule has 0 aliphatic carbocycles. The summed E-state index contributed by atoms with van der Waals surface area (Å²) in [6.07, 6.45) is 5.68. The van der Waals surface area contributed by atoms with E-state index in [-0.39, 0.29) is 0 Å². The first-order valence-corrected chi connectivity index (χ1v) is 4.54. The molecule has 0 spiro atoms. The maximum absolute atomic E-state index is 4.29. The van der Waals surface area contributed by atoms with Crippen molar-refractivity contribution in [3.05, 3.63) is 56.3 Å². The quantitative estimate of drug-likeness (QED) is 0.616. The molecule has 0 fully saturated rings. The number of imidazole rings is 1. The molecular weight excluding hydrogens is 186 g/mol. The maximum atomic E-state index is 4.29. The van der Waals surface area contributed by atoms with E-state index in [4.69, 9.17) is 0 Å². The fourth-order valence-electron chi connectivity index (χ4n) is 1.24. The Morgan fingerprint density at radius 2 is 1.73 bits per heavy atom. The molecule has 0 saturated heterocycles. The van der Waals surface area contributed by atoms with E-state index in [9.17, 15) is 0 Å². The van der Waals surface area contributed by atoms with E-state index in [1.54, 1.807) is 6.20 Å². The number of aryl methyl sites for hydroxylation is 2. The molecule has 0 aliphatic rings. The van der Waals surface area contributed by atoms with Crippen molar-refractivity contribution >= 4 is 5.65 Å². The predicted octanol–water partition coefficient (Wildman–Crippen LogP) is 2.95. The Kier molecular flexibility index (Phi) is 5.71. The average molecular weight is 203 g/mol. The molecule has 0 atom stereocenters. The zero-order valence-corrected chi connectivity index (χ0v) is 9.40. The van der Waals surface area contributed by atoms with Gasteiger partial charge < -0.3 is 4.40 Å².